The normalized spacial score (nSPS) is 10.2. The minimum absolute atomic E-state index is 0.303. The molecule has 0 unspecified atom stereocenters. The number of nitrogens with one attached hydrogen (secondary N) is 2. The van der Waals surface area contributed by atoms with E-state index >= 15 is 0 Å². The molecule has 0 radical (unpaired) electrons. The Morgan fingerprint density at radius 2 is 1.83 bits per heavy atom. The van der Waals surface area contributed by atoms with Gasteiger partial charge < -0.3 is 14.6 Å². The zero-order chi connectivity index (χ0) is 17.5. The number of aromatic amines is 2. The van der Waals surface area contributed by atoms with Gasteiger partial charge in [-0.25, -0.2) is 9.59 Å². The smallest absolute Gasteiger partial charge is 0.355 e. The molecule has 8 heteroatoms. The second-order valence-corrected chi connectivity index (χ2v) is 4.97. The molecule has 1 aromatic carbocycles. The van der Waals surface area contributed by atoms with Crippen molar-refractivity contribution >= 4 is 11.9 Å². The van der Waals surface area contributed by atoms with Crippen molar-refractivity contribution in [2.45, 2.75) is 13.5 Å². The molecule has 0 bridgehead atoms. The molecule has 126 valence electrons. The summed E-state index contributed by atoms with van der Waals surface area (Å²) in [6.45, 7) is 2.19. The van der Waals surface area contributed by atoms with Gasteiger partial charge in [0.2, 0.25) is 0 Å². The van der Waals surface area contributed by atoms with Gasteiger partial charge in [-0.3, -0.25) is 14.6 Å². The van der Waals surface area contributed by atoms with E-state index in [9.17, 15) is 19.2 Å². The summed E-state index contributed by atoms with van der Waals surface area (Å²) in [6, 6.07) is 10.3. The van der Waals surface area contributed by atoms with E-state index in [1.54, 1.807) is 0 Å². The Hall–Kier alpha value is -3.16. The van der Waals surface area contributed by atoms with Gasteiger partial charge in [-0.1, -0.05) is 30.3 Å². The van der Waals surface area contributed by atoms with Crippen LogP contribution in [0.3, 0.4) is 0 Å². The molecule has 1 amide bonds. The van der Waals surface area contributed by atoms with Crippen molar-refractivity contribution in [1.29, 1.82) is 0 Å². The summed E-state index contributed by atoms with van der Waals surface area (Å²) in [5.41, 5.74) is -0.892. The van der Waals surface area contributed by atoms with Gasteiger partial charge in [-0.2, -0.15) is 0 Å². The number of ether oxygens (including phenoxy) is 1. The second kappa shape index (κ2) is 7.91. The molecule has 0 aliphatic carbocycles. The average molecular weight is 331 g/mol. The fraction of sp³-hybridized carbons (Fsp3) is 0.250. The van der Waals surface area contributed by atoms with Crippen LogP contribution in [-0.4, -0.2) is 39.9 Å². The first kappa shape index (κ1) is 17.2. The molecule has 0 aliphatic heterocycles. The number of likely N-dealkylation sites (N-methyl/N-ethyl adjacent to an activating group) is 1. The van der Waals surface area contributed by atoms with Crippen molar-refractivity contribution < 1.29 is 14.3 Å². The highest BCUT2D eigenvalue weighted by atomic mass is 16.5. The maximum Gasteiger partial charge on any atom is 0.355 e. The Labute approximate surface area is 137 Å². The number of carbonyl (C=O) groups is 2. The van der Waals surface area contributed by atoms with Crippen LogP contribution < -0.4 is 11.2 Å². The Morgan fingerprint density at radius 1 is 1.12 bits per heavy atom. The van der Waals surface area contributed by atoms with Crippen molar-refractivity contribution in [2.24, 2.45) is 0 Å². The monoisotopic (exact) mass is 331 g/mol. The van der Waals surface area contributed by atoms with Crippen LogP contribution in [0.1, 0.15) is 23.0 Å². The Bertz CT molecular complexity index is 797. The van der Waals surface area contributed by atoms with E-state index in [0.717, 1.165) is 11.6 Å². The van der Waals surface area contributed by atoms with E-state index in [1.165, 1.54) is 4.90 Å². The number of hydrogen-bond donors (Lipinski definition) is 2. The number of carbonyl (C=O) groups excluding carboxylic acids is 2. The number of benzene rings is 1. The van der Waals surface area contributed by atoms with Crippen molar-refractivity contribution in [2.75, 3.05) is 13.2 Å². The number of nitrogens with zero attached hydrogens (tertiary/aromatic N) is 1. The number of amides is 1. The number of hydrogen-bond acceptors (Lipinski definition) is 5. The molecule has 0 aliphatic rings. The van der Waals surface area contributed by atoms with E-state index in [4.69, 9.17) is 4.74 Å². The molecule has 0 saturated carbocycles. The maximum absolute atomic E-state index is 12.2. The number of H-pyrrole nitrogens is 2. The molecule has 1 heterocycles. The lowest BCUT2D eigenvalue weighted by Crippen LogP contribution is -2.34. The predicted molar refractivity (Wildman–Crippen MR) is 85.5 cm³/mol. The molecule has 2 rings (SSSR count). The summed E-state index contributed by atoms with van der Waals surface area (Å²) in [7, 11) is 0. The molecule has 1 aromatic heterocycles. The minimum Gasteiger partial charge on any atom is -0.451 e. The van der Waals surface area contributed by atoms with Crippen molar-refractivity contribution in [3.05, 3.63) is 68.5 Å². The van der Waals surface area contributed by atoms with E-state index in [2.05, 4.69) is 4.98 Å². The highest BCUT2D eigenvalue weighted by Gasteiger charge is 2.16. The van der Waals surface area contributed by atoms with Crippen molar-refractivity contribution in [1.82, 2.24) is 14.9 Å². The third-order valence-electron chi connectivity index (χ3n) is 3.26. The molecule has 24 heavy (non-hydrogen) atoms. The zero-order valence-electron chi connectivity index (χ0n) is 13.1. The Balaban J connectivity index is 1.96. The first-order valence-electron chi connectivity index (χ1n) is 7.32. The molecule has 8 nitrogen and oxygen atoms in total. The van der Waals surface area contributed by atoms with Crippen LogP contribution in [0.2, 0.25) is 0 Å². The lowest BCUT2D eigenvalue weighted by Gasteiger charge is -2.20. The zero-order valence-corrected chi connectivity index (χ0v) is 13.1. The summed E-state index contributed by atoms with van der Waals surface area (Å²) < 4.78 is 4.87. The highest BCUT2D eigenvalue weighted by Crippen LogP contribution is 2.05. The fourth-order valence-corrected chi connectivity index (χ4v) is 2.06. The molecular formula is C16H17N3O5. The Kier molecular flexibility index (Phi) is 5.67. The lowest BCUT2D eigenvalue weighted by atomic mass is 10.2. The third kappa shape index (κ3) is 4.67. The molecule has 2 N–H and O–H groups in total. The van der Waals surface area contributed by atoms with Gasteiger partial charge in [0, 0.05) is 19.2 Å². The SMILES string of the molecule is CCN(Cc1ccccc1)C(=O)COC(=O)c1cc(=O)[nH]c(=O)[nH]1. The van der Waals surface area contributed by atoms with E-state index in [1.807, 2.05) is 42.2 Å². The molecule has 0 spiro atoms. The highest BCUT2D eigenvalue weighted by molar-refractivity contribution is 5.89. The number of aromatic nitrogens is 2. The number of esters is 1. The van der Waals surface area contributed by atoms with Crippen molar-refractivity contribution in [3.8, 4) is 0 Å². The van der Waals surface area contributed by atoms with Gasteiger partial charge in [-0.15, -0.1) is 0 Å². The first-order chi connectivity index (χ1) is 11.5. The van der Waals surface area contributed by atoms with E-state index in [-0.39, 0.29) is 11.6 Å². The van der Waals surface area contributed by atoms with Gasteiger partial charge >= 0.3 is 11.7 Å². The van der Waals surface area contributed by atoms with Crippen LogP contribution in [-0.2, 0) is 16.1 Å². The molecule has 0 fully saturated rings. The molecule has 0 atom stereocenters. The molecular weight excluding hydrogens is 314 g/mol. The topological polar surface area (TPSA) is 112 Å². The van der Waals surface area contributed by atoms with Crippen molar-refractivity contribution in [3.63, 3.8) is 0 Å². The van der Waals surface area contributed by atoms with Crippen LogP contribution in [0, 0.1) is 0 Å². The van der Waals surface area contributed by atoms with Gasteiger partial charge in [0.05, 0.1) is 0 Å². The predicted octanol–water partition coefficient (Wildman–Crippen LogP) is 0.269. The van der Waals surface area contributed by atoms with Crippen LogP contribution in [0.25, 0.3) is 0 Å². The molecule has 0 saturated heterocycles. The minimum atomic E-state index is -0.942. The van der Waals surface area contributed by atoms with E-state index in [0.29, 0.717) is 13.1 Å². The second-order valence-electron chi connectivity index (χ2n) is 4.97. The van der Waals surface area contributed by atoms with E-state index < -0.39 is 23.8 Å². The average Bonchev–Trinajstić information content (AvgIpc) is 2.57. The largest absolute Gasteiger partial charge is 0.451 e. The van der Waals surface area contributed by atoms with Gasteiger partial charge in [-0.05, 0) is 12.5 Å². The molecule has 2 aromatic rings. The van der Waals surface area contributed by atoms with Gasteiger partial charge in [0.1, 0.15) is 5.69 Å². The number of rotatable bonds is 6. The van der Waals surface area contributed by atoms with Gasteiger partial charge in [0.15, 0.2) is 6.61 Å². The summed E-state index contributed by atoms with van der Waals surface area (Å²) >= 11 is 0. The Morgan fingerprint density at radius 3 is 2.46 bits per heavy atom. The summed E-state index contributed by atoms with van der Waals surface area (Å²) in [6.07, 6.45) is 0. The summed E-state index contributed by atoms with van der Waals surface area (Å²) in [4.78, 5) is 51.8. The third-order valence-corrected chi connectivity index (χ3v) is 3.26. The standard InChI is InChI=1S/C16H17N3O5/c1-2-19(9-11-6-4-3-5-7-11)14(21)10-24-15(22)12-8-13(20)18-16(23)17-12/h3-8H,2,9-10H2,1H3,(H2,17,18,20,23). The summed E-state index contributed by atoms with van der Waals surface area (Å²) in [5.74, 6) is -1.32. The van der Waals surface area contributed by atoms with Crippen LogP contribution in [0.15, 0.2) is 46.0 Å². The van der Waals surface area contributed by atoms with Crippen LogP contribution in [0.5, 0.6) is 0 Å². The summed E-state index contributed by atoms with van der Waals surface area (Å²) in [5, 5.41) is 0. The maximum atomic E-state index is 12.2. The van der Waals surface area contributed by atoms with Crippen LogP contribution >= 0.6 is 0 Å². The quantitative estimate of drug-likeness (QED) is 0.738. The fourth-order valence-electron chi connectivity index (χ4n) is 2.06. The van der Waals surface area contributed by atoms with Gasteiger partial charge in [0.25, 0.3) is 11.5 Å². The van der Waals surface area contributed by atoms with Crippen LogP contribution in [0.4, 0.5) is 0 Å². The lowest BCUT2D eigenvalue weighted by molar-refractivity contribution is -0.134. The first-order valence-corrected chi connectivity index (χ1v) is 7.32.